The van der Waals surface area contributed by atoms with E-state index in [4.69, 9.17) is 9.15 Å². The van der Waals surface area contributed by atoms with Crippen molar-refractivity contribution < 1.29 is 30.7 Å². The number of oxazole rings is 1. The number of rotatable bonds is 5. The summed E-state index contributed by atoms with van der Waals surface area (Å²) in [6.07, 6.45) is -4.36. The van der Waals surface area contributed by atoms with Gasteiger partial charge in [-0.25, -0.2) is 17.9 Å². The van der Waals surface area contributed by atoms with Crippen molar-refractivity contribution in [2.24, 2.45) is 0 Å². The molecule has 3 heterocycles. The number of sulfonamides is 1. The van der Waals surface area contributed by atoms with Gasteiger partial charge in [-0.15, -0.1) is 0 Å². The van der Waals surface area contributed by atoms with Gasteiger partial charge in [-0.1, -0.05) is 0 Å². The number of aromatic amines is 1. The summed E-state index contributed by atoms with van der Waals surface area (Å²) in [4.78, 5) is 13.4. The maximum atomic E-state index is 13.2. The molecule has 0 bridgehead atoms. The van der Waals surface area contributed by atoms with Crippen molar-refractivity contribution in [3.8, 4) is 0 Å². The first kappa shape index (κ1) is 19.7. The van der Waals surface area contributed by atoms with Gasteiger partial charge in [-0.05, 0) is 18.2 Å². The maximum absolute atomic E-state index is 13.2. The van der Waals surface area contributed by atoms with Crippen LogP contribution in [0.2, 0.25) is 0 Å². The molecule has 0 amide bonds. The van der Waals surface area contributed by atoms with Gasteiger partial charge >= 0.3 is 11.9 Å². The predicted molar refractivity (Wildman–Crippen MR) is 92.6 cm³/mol. The molecular formula is C16H15F3N4O5S. The summed E-state index contributed by atoms with van der Waals surface area (Å²) < 4.78 is 77.9. The fourth-order valence-corrected chi connectivity index (χ4v) is 4.24. The zero-order chi connectivity index (χ0) is 20.8. The van der Waals surface area contributed by atoms with Crippen LogP contribution < -0.4 is 10.5 Å². The highest BCUT2D eigenvalue weighted by molar-refractivity contribution is 7.89. The second-order valence-electron chi connectivity index (χ2n) is 6.37. The van der Waals surface area contributed by atoms with E-state index in [0.717, 1.165) is 0 Å². The summed E-state index contributed by atoms with van der Waals surface area (Å²) in [5, 5.41) is 3.62. The Labute approximate surface area is 161 Å². The maximum Gasteiger partial charge on any atom is 0.435 e. The number of aromatic nitrogens is 3. The molecule has 1 aliphatic heterocycles. The minimum Gasteiger partial charge on any atom is -0.408 e. The molecular weight excluding hydrogens is 417 g/mol. The van der Waals surface area contributed by atoms with Crippen LogP contribution in [0.5, 0.6) is 0 Å². The normalized spacial score (nSPS) is 15.0. The number of nitrogens with one attached hydrogen (secondary N) is 2. The third-order valence-corrected chi connectivity index (χ3v) is 5.94. The van der Waals surface area contributed by atoms with Gasteiger partial charge in [0.05, 0.1) is 30.2 Å². The van der Waals surface area contributed by atoms with E-state index in [1.165, 1.54) is 22.9 Å². The summed E-state index contributed by atoms with van der Waals surface area (Å²) in [7, 11) is -3.96. The van der Waals surface area contributed by atoms with Crippen LogP contribution in [0.1, 0.15) is 17.0 Å². The molecule has 0 atom stereocenters. The van der Waals surface area contributed by atoms with Crippen LogP contribution in [-0.4, -0.2) is 36.3 Å². The highest BCUT2D eigenvalue weighted by Crippen LogP contribution is 2.34. The molecule has 156 valence electrons. The Hall–Kier alpha value is -2.64. The zero-order valence-electron chi connectivity index (χ0n) is 14.7. The van der Waals surface area contributed by atoms with E-state index < -0.39 is 27.6 Å². The highest BCUT2D eigenvalue weighted by atomic mass is 32.2. The summed E-state index contributed by atoms with van der Waals surface area (Å²) in [5.74, 6) is -0.713. The van der Waals surface area contributed by atoms with Gasteiger partial charge in [0.1, 0.15) is 0 Å². The van der Waals surface area contributed by atoms with E-state index in [0.29, 0.717) is 5.69 Å². The number of halogens is 3. The number of ether oxygens (including phenoxy) is 1. The number of fused-ring (bicyclic) bond motifs is 2. The minimum atomic E-state index is -4.62. The molecule has 2 aromatic heterocycles. The van der Waals surface area contributed by atoms with E-state index in [9.17, 15) is 26.4 Å². The molecule has 0 spiro atoms. The molecule has 0 saturated heterocycles. The number of alkyl halides is 3. The molecule has 3 aromatic rings. The highest BCUT2D eigenvalue weighted by Gasteiger charge is 2.39. The molecule has 1 aliphatic rings. The lowest BCUT2D eigenvalue weighted by Gasteiger charge is -2.15. The fraction of sp³-hybridized carbons (Fsp3) is 0.375. The van der Waals surface area contributed by atoms with Gasteiger partial charge in [0.15, 0.2) is 11.3 Å². The lowest BCUT2D eigenvalue weighted by molar-refractivity contribution is -0.142. The number of hydrogen-bond donors (Lipinski definition) is 2. The molecule has 0 fully saturated rings. The Balaban J connectivity index is 1.52. The first-order valence-corrected chi connectivity index (χ1v) is 9.99. The molecule has 0 unspecified atom stereocenters. The number of nitrogens with zero attached hydrogens (tertiary/aromatic N) is 2. The summed E-state index contributed by atoms with van der Waals surface area (Å²) in [6, 6.07) is 3.83. The second-order valence-corrected chi connectivity index (χ2v) is 8.13. The zero-order valence-corrected chi connectivity index (χ0v) is 15.6. The van der Waals surface area contributed by atoms with Crippen LogP contribution in [0.4, 0.5) is 13.2 Å². The van der Waals surface area contributed by atoms with E-state index in [1.807, 2.05) is 0 Å². The lowest BCUT2D eigenvalue weighted by Crippen LogP contribution is -2.28. The van der Waals surface area contributed by atoms with Crippen LogP contribution in [0, 0.1) is 0 Å². The van der Waals surface area contributed by atoms with Gasteiger partial charge in [0.25, 0.3) is 0 Å². The van der Waals surface area contributed by atoms with Gasteiger partial charge in [-0.2, -0.15) is 18.3 Å². The smallest absolute Gasteiger partial charge is 0.408 e. The van der Waals surface area contributed by atoms with Crippen LogP contribution in [0.3, 0.4) is 0 Å². The van der Waals surface area contributed by atoms with Crippen LogP contribution >= 0.6 is 0 Å². The van der Waals surface area contributed by atoms with Crippen molar-refractivity contribution in [1.82, 2.24) is 19.5 Å². The fourth-order valence-electron chi connectivity index (χ4n) is 3.19. The third-order valence-electron chi connectivity index (χ3n) is 4.48. The van der Waals surface area contributed by atoms with Gasteiger partial charge in [0, 0.05) is 24.2 Å². The Morgan fingerprint density at radius 1 is 1.31 bits per heavy atom. The molecule has 1 aromatic carbocycles. The van der Waals surface area contributed by atoms with Crippen LogP contribution in [0.15, 0.2) is 32.3 Å². The monoisotopic (exact) mass is 432 g/mol. The van der Waals surface area contributed by atoms with Gasteiger partial charge in [0.2, 0.25) is 10.0 Å². The Kier molecular flexibility index (Phi) is 4.75. The molecule has 0 radical (unpaired) electrons. The van der Waals surface area contributed by atoms with Crippen molar-refractivity contribution in [3.63, 3.8) is 0 Å². The quantitative estimate of drug-likeness (QED) is 0.629. The topological polar surface area (TPSA) is 119 Å². The molecule has 2 N–H and O–H groups in total. The van der Waals surface area contributed by atoms with Gasteiger partial charge < -0.3 is 9.15 Å². The molecule has 9 nitrogen and oxygen atoms in total. The van der Waals surface area contributed by atoms with E-state index in [-0.39, 0.29) is 54.3 Å². The second kappa shape index (κ2) is 7.00. The minimum absolute atomic E-state index is 0.0130. The average Bonchev–Trinajstić information content (AvgIpc) is 3.20. The Bertz CT molecular complexity index is 1230. The van der Waals surface area contributed by atoms with Crippen molar-refractivity contribution in [2.75, 3.05) is 13.2 Å². The van der Waals surface area contributed by atoms with Crippen molar-refractivity contribution in [2.45, 2.75) is 30.6 Å². The third kappa shape index (κ3) is 3.80. The van der Waals surface area contributed by atoms with Gasteiger partial charge in [-0.3, -0.25) is 9.67 Å². The molecule has 29 heavy (non-hydrogen) atoms. The number of benzene rings is 1. The summed E-state index contributed by atoms with van der Waals surface area (Å²) in [6.45, 7) is -0.166. The van der Waals surface area contributed by atoms with E-state index in [1.54, 1.807) is 0 Å². The summed E-state index contributed by atoms with van der Waals surface area (Å²) in [5.41, 5.74) is -0.210. The van der Waals surface area contributed by atoms with Crippen molar-refractivity contribution >= 4 is 21.1 Å². The first-order chi connectivity index (χ1) is 13.6. The largest absolute Gasteiger partial charge is 0.435 e. The molecule has 0 aliphatic carbocycles. The molecule has 4 rings (SSSR count). The van der Waals surface area contributed by atoms with E-state index >= 15 is 0 Å². The first-order valence-electron chi connectivity index (χ1n) is 8.51. The predicted octanol–water partition coefficient (Wildman–Crippen LogP) is 1.39. The van der Waals surface area contributed by atoms with Crippen LogP contribution in [0.25, 0.3) is 11.1 Å². The van der Waals surface area contributed by atoms with E-state index in [2.05, 4.69) is 14.8 Å². The SMILES string of the molecule is O=c1[nH]c2cc(S(=O)(=O)NCCn3nc(C(F)(F)F)c4c3CCOC4)ccc2o1. The molecule has 0 saturated carbocycles. The average molecular weight is 432 g/mol. The lowest BCUT2D eigenvalue weighted by atomic mass is 10.1. The van der Waals surface area contributed by atoms with Crippen LogP contribution in [-0.2, 0) is 40.5 Å². The Morgan fingerprint density at radius 2 is 2.10 bits per heavy atom. The Morgan fingerprint density at radius 3 is 2.86 bits per heavy atom. The molecule has 13 heteroatoms. The van der Waals surface area contributed by atoms with Crippen molar-refractivity contribution in [3.05, 3.63) is 45.7 Å². The van der Waals surface area contributed by atoms with Crippen molar-refractivity contribution in [1.29, 1.82) is 0 Å². The summed E-state index contributed by atoms with van der Waals surface area (Å²) >= 11 is 0. The number of hydrogen-bond acceptors (Lipinski definition) is 6. The standard InChI is InChI=1S/C16H15F3N4O5S/c17-16(18,19)14-10-8-27-6-3-12(10)23(22-14)5-4-20-29(25,26)9-1-2-13-11(7-9)21-15(24)28-13/h1-2,7,20H,3-6,8H2,(H,21,24). The number of H-pyrrole nitrogens is 1.